The number of amides is 1. The van der Waals surface area contributed by atoms with Crippen LogP contribution in [0.15, 0.2) is 4.99 Å². The van der Waals surface area contributed by atoms with Gasteiger partial charge in [0.2, 0.25) is 5.91 Å². The molecule has 0 aromatic rings. The van der Waals surface area contributed by atoms with Crippen LogP contribution in [-0.4, -0.2) is 77.9 Å². The molecule has 0 saturated heterocycles. The molecule has 1 fully saturated rings. The molecule has 7 nitrogen and oxygen atoms in total. The summed E-state index contributed by atoms with van der Waals surface area (Å²) >= 11 is 0. The molecule has 134 valence electrons. The van der Waals surface area contributed by atoms with E-state index in [1.807, 2.05) is 14.1 Å². The Morgan fingerprint density at radius 3 is 2.43 bits per heavy atom. The van der Waals surface area contributed by atoms with Gasteiger partial charge in [0.25, 0.3) is 0 Å². The zero-order valence-electron chi connectivity index (χ0n) is 15.0. The summed E-state index contributed by atoms with van der Waals surface area (Å²) in [6, 6.07) is 0. The minimum atomic E-state index is -0.296. The number of methoxy groups -OCH3 is 1. The van der Waals surface area contributed by atoms with Gasteiger partial charge in [-0.05, 0) is 12.8 Å². The van der Waals surface area contributed by atoms with Crippen LogP contribution in [0.5, 0.6) is 0 Å². The van der Waals surface area contributed by atoms with E-state index in [-0.39, 0.29) is 11.3 Å². The van der Waals surface area contributed by atoms with E-state index >= 15 is 0 Å². The highest BCUT2D eigenvalue weighted by Gasteiger charge is 2.42. The van der Waals surface area contributed by atoms with Gasteiger partial charge in [-0.15, -0.1) is 0 Å². The Morgan fingerprint density at radius 1 is 1.17 bits per heavy atom. The number of nitrogens with zero attached hydrogens (tertiary/aromatic N) is 2. The fourth-order valence-corrected chi connectivity index (χ4v) is 2.95. The van der Waals surface area contributed by atoms with Gasteiger partial charge in [0.1, 0.15) is 0 Å². The number of nitrogens with one attached hydrogen (secondary N) is 2. The molecule has 0 aromatic carbocycles. The van der Waals surface area contributed by atoms with Crippen molar-refractivity contribution in [2.24, 2.45) is 10.4 Å². The van der Waals surface area contributed by atoms with Crippen molar-refractivity contribution in [3.8, 4) is 0 Å². The number of rotatable bonds is 9. The van der Waals surface area contributed by atoms with E-state index in [1.165, 1.54) is 0 Å². The summed E-state index contributed by atoms with van der Waals surface area (Å²) < 4.78 is 10.3. The molecule has 1 saturated carbocycles. The van der Waals surface area contributed by atoms with E-state index < -0.39 is 0 Å². The molecule has 7 heteroatoms. The van der Waals surface area contributed by atoms with Crippen molar-refractivity contribution in [1.82, 2.24) is 15.5 Å². The van der Waals surface area contributed by atoms with Crippen molar-refractivity contribution < 1.29 is 14.3 Å². The van der Waals surface area contributed by atoms with Crippen LogP contribution in [0, 0.1) is 5.41 Å². The Balaban J connectivity index is 2.38. The van der Waals surface area contributed by atoms with E-state index in [0.29, 0.717) is 38.9 Å². The Kier molecular flexibility index (Phi) is 8.94. The van der Waals surface area contributed by atoms with Crippen molar-refractivity contribution in [2.45, 2.75) is 25.7 Å². The second-order valence-corrected chi connectivity index (χ2v) is 6.14. The van der Waals surface area contributed by atoms with Crippen LogP contribution in [-0.2, 0) is 14.3 Å². The minimum absolute atomic E-state index is 0.209. The number of ether oxygens (including phenoxy) is 2. The first kappa shape index (κ1) is 19.7. The number of guanidine groups is 1. The molecule has 0 unspecified atom stereocenters. The lowest BCUT2D eigenvalue weighted by Gasteiger charge is -2.31. The molecule has 1 aliphatic rings. The van der Waals surface area contributed by atoms with Gasteiger partial charge in [0.05, 0.1) is 25.2 Å². The van der Waals surface area contributed by atoms with Crippen LogP contribution in [0.4, 0.5) is 0 Å². The van der Waals surface area contributed by atoms with Crippen molar-refractivity contribution in [3.63, 3.8) is 0 Å². The third-order valence-electron chi connectivity index (χ3n) is 4.21. The van der Waals surface area contributed by atoms with Gasteiger partial charge in [-0.25, -0.2) is 0 Å². The molecule has 0 radical (unpaired) electrons. The SMILES string of the molecule is CN=C(NCCOCCOC)NCC1(C(=O)N(C)C)CCCC1. The van der Waals surface area contributed by atoms with Crippen molar-refractivity contribution in [3.05, 3.63) is 0 Å². The van der Waals surface area contributed by atoms with Crippen LogP contribution >= 0.6 is 0 Å². The van der Waals surface area contributed by atoms with Crippen LogP contribution in [0.1, 0.15) is 25.7 Å². The Morgan fingerprint density at radius 2 is 1.87 bits per heavy atom. The molecular formula is C16H32N4O3. The van der Waals surface area contributed by atoms with Gasteiger partial charge in [0.15, 0.2) is 5.96 Å². The van der Waals surface area contributed by atoms with Crippen LogP contribution < -0.4 is 10.6 Å². The van der Waals surface area contributed by atoms with Gasteiger partial charge in [0, 0.05) is 41.3 Å². The molecular weight excluding hydrogens is 296 g/mol. The van der Waals surface area contributed by atoms with E-state index in [9.17, 15) is 4.79 Å². The highest BCUT2D eigenvalue weighted by Crippen LogP contribution is 2.38. The highest BCUT2D eigenvalue weighted by atomic mass is 16.5. The molecule has 0 atom stereocenters. The van der Waals surface area contributed by atoms with Crippen LogP contribution in [0.2, 0.25) is 0 Å². The van der Waals surface area contributed by atoms with E-state index in [0.717, 1.165) is 25.7 Å². The number of aliphatic imine (C=N–C) groups is 1. The maximum Gasteiger partial charge on any atom is 0.230 e. The summed E-state index contributed by atoms with van der Waals surface area (Å²) in [6.07, 6.45) is 4.10. The smallest absolute Gasteiger partial charge is 0.230 e. The van der Waals surface area contributed by atoms with E-state index in [2.05, 4.69) is 15.6 Å². The van der Waals surface area contributed by atoms with E-state index in [4.69, 9.17) is 9.47 Å². The number of hydrogen-bond donors (Lipinski definition) is 2. The molecule has 1 aliphatic carbocycles. The molecule has 0 spiro atoms. The quantitative estimate of drug-likeness (QED) is 0.365. The molecule has 2 N–H and O–H groups in total. The van der Waals surface area contributed by atoms with Crippen molar-refractivity contribution in [1.29, 1.82) is 0 Å². The Bertz CT molecular complexity index is 380. The van der Waals surface area contributed by atoms with Gasteiger partial charge in [-0.3, -0.25) is 9.79 Å². The first-order chi connectivity index (χ1) is 11.1. The maximum atomic E-state index is 12.5. The summed E-state index contributed by atoms with van der Waals surface area (Å²) in [6.45, 7) is 3.06. The fourth-order valence-electron chi connectivity index (χ4n) is 2.95. The fraction of sp³-hybridized carbons (Fsp3) is 0.875. The lowest BCUT2D eigenvalue weighted by Crippen LogP contribution is -2.49. The largest absolute Gasteiger partial charge is 0.382 e. The molecule has 0 aromatic heterocycles. The third kappa shape index (κ3) is 6.35. The Hall–Kier alpha value is -1.34. The predicted octanol–water partition coefficient (Wildman–Crippen LogP) is 0.463. The van der Waals surface area contributed by atoms with E-state index in [1.54, 1.807) is 19.1 Å². The summed E-state index contributed by atoms with van der Waals surface area (Å²) in [5.74, 6) is 0.916. The Labute approximate surface area is 139 Å². The molecule has 0 aliphatic heterocycles. The topological polar surface area (TPSA) is 75.2 Å². The lowest BCUT2D eigenvalue weighted by atomic mass is 9.84. The van der Waals surface area contributed by atoms with Gasteiger partial charge < -0.3 is 25.0 Å². The predicted molar refractivity (Wildman–Crippen MR) is 91.7 cm³/mol. The van der Waals surface area contributed by atoms with Crippen LogP contribution in [0.3, 0.4) is 0 Å². The summed E-state index contributed by atoms with van der Waals surface area (Å²) in [5, 5.41) is 6.51. The summed E-state index contributed by atoms with van der Waals surface area (Å²) in [7, 11) is 7.04. The van der Waals surface area contributed by atoms with Crippen molar-refractivity contribution >= 4 is 11.9 Å². The lowest BCUT2D eigenvalue weighted by molar-refractivity contribution is -0.138. The first-order valence-electron chi connectivity index (χ1n) is 8.29. The van der Waals surface area contributed by atoms with Gasteiger partial charge in [-0.1, -0.05) is 12.8 Å². The number of hydrogen-bond acceptors (Lipinski definition) is 4. The molecule has 0 heterocycles. The molecule has 1 amide bonds. The van der Waals surface area contributed by atoms with Crippen molar-refractivity contribution in [2.75, 3.05) is 61.2 Å². The maximum absolute atomic E-state index is 12.5. The number of carbonyl (C=O) groups is 1. The average Bonchev–Trinajstić information content (AvgIpc) is 3.02. The average molecular weight is 328 g/mol. The normalized spacial score (nSPS) is 17.1. The zero-order valence-corrected chi connectivity index (χ0v) is 15.0. The highest BCUT2D eigenvalue weighted by molar-refractivity contribution is 5.85. The monoisotopic (exact) mass is 328 g/mol. The van der Waals surface area contributed by atoms with Crippen LogP contribution in [0.25, 0.3) is 0 Å². The molecule has 1 rings (SSSR count). The summed E-state index contributed by atoms with van der Waals surface area (Å²) in [5.41, 5.74) is -0.296. The third-order valence-corrected chi connectivity index (χ3v) is 4.21. The standard InChI is InChI=1S/C16H32N4O3/c1-17-15(18-9-10-23-12-11-22-4)19-13-16(7-5-6-8-16)14(21)20(2)3/h5-13H2,1-4H3,(H2,17,18,19). The van der Waals surface area contributed by atoms with Gasteiger partial charge in [-0.2, -0.15) is 0 Å². The zero-order chi connectivity index (χ0) is 17.1. The minimum Gasteiger partial charge on any atom is -0.382 e. The van der Waals surface area contributed by atoms with Gasteiger partial charge >= 0.3 is 0 Å². The molecule has 23 heavy (non-hydrogen) atoms. The molecule has 0 bridgehead atoms. The second kappa shape index (κ2) is 10.4. The second-order valence-electron chi connectivity index (χ2n) is 6.14. The summed E-state index contributed by atoms with van der Waals surface area (Å²) in [4.78, 5) is 18.4. The number of carbonyl (C=O) groups excluding carboxylic acids is 1. The first-order valence-corrected chi connectivity index (χ1v) is 8.29.